The minimum absolute atomic E-state index is 0. The molecule has 4 aromatic rings. The molecule has 0 unspecified atom stereocenters. The minimum Gasteiger partial charge on any atom is -0.337 e. The van der Waals surface area contributed by atoms with Crippen LogP contribution in [-0.2, 0) is 24.2 Å². The standard InChI is InChI=1S/C23H23ClN4OS.ClH/c1-2-18-5-3-6-20-22(18)26-23(30-20)28(13-4-12-27-14-11-25-16-27)21(29)15-17-7-9-19(24)10-8-17;/h3,5-11,14,16H,2,4,12-13,15H2,1H3;1H. The van der Waals surface area contributed by atoms with Gasteiger partial charge in [-0.05, 0) is 42.2 Å². The molecule has 0 fully saturated rings. The van der Waals surface area contributed by atoms with Crippen molar-refractivity contribution in [1.82, 2.24) is 14.5 Å². The van der Waals surface area contributed by atoms with Crippen molar-refractivity contribution in [3.05, 3.63) is 77.3 Å². The van der Waals surface area contributed by atoms with Gasteiger partial charge in [0.05, 0.1) is 23.0 Å². The topological polar surface area (TPSA) is 51.0 Å². The summed E-state index contributed by atoms with van der Waals surface area (Å²) in [7, 11) is 0. The quantitative estimate of drug-likeness (QED) is 0.324. The Bertz CT molecular complexity index is 1130. The molecule has 2 heterocycles. The van der Waals surface area contributed by atoms with Gasteiger partial charge in [0.15, 0.2) is 5.13 Å². The predicted molar refractivity (Wildman–Crippen MR) is 131 cm³/mol. The van der Waals surface area contributed by atoms with E-state index in [9.17, 15) is 4.79 Å². The van der Waals surface area contributed by atoms with E-state index >= 15 is 0 Å². The molecule has 0 aliphatic carbocycles. The number of imidazole rings is 1. The number of carbonyl (C=O) groups is 1. The Morgan fingerprint density at radius 3 is 2.71 bits per heavy atom. The second kappa shape index (κ2) is 10.8. The van der Waals surface area contributed by atoms with Gasteiger partial charge in [-0.2, -0.15) is 0 Å². The van der Waals surface area contributed by atoms with E-state index in [1.54, 1.807) is 23.9 Å². The fourth-order valence-corrected chi connectivity index (χ4v) is 4.61. The van der Waals surface area contributed by atoms with Gasteiger partial charge in [0.2, 0.25) is 5.91 Å². The Morgan fingerprint density at radius 1 is 1.19 bits per heavy atom. The summed E-state index contributed by atoms with van der Waals surface area (Å²) >= 11 is 7.56. The van der Waals surface area contributed by atoms with Crippen LogP contribution < -0.4 is 4.90 Å². The number of hydrogen-bond donors (Lipinski definition) is 0. The first-order valence-corrected chi connectivity index (χ1v) is 11.2. The second-order valence-corrected chi connectivity index (χ2v) is 8.56. The third-order valence-electron chi connectivity index (χ3n) is 5.03. The summed E-state index contributed by atoms with van der Waals surface area (Å²) in [5, 5.41) is 1.43. The van der Waals surface area contributed by atoms with Gasteiger partial charge in [-0.15, -0.1) is 12.4 Å². The number of aryl methyl sites for hydroxylation is 2. The summed E-state index contributed by atoms with van der Waals surface area (Å²) in [4.78, 5) is 24.0. The van der Waals surface area contributed by atoms with Gasteiger partial charge >= 0.3 is 0 Å². The Kier molecular flexibility index (Phi) is 8.07. The maximum absolute atomic E-state index is 13.3. The molecule has 0 saturated carbocycles. The molecule has 8 heteroatoms. The lowest BCUT2D eigenvalue weighted by atomic mass is 10.1. The Morgan fingerprint density at radius 2 is 2.00 bits per heavy atom. The zero-order valence-electron chi connectivity index (χ0n) is 17.2. The molecule has 0 aliphatic rings. The predicted octanol–water partition coefficient (Wildman–Crippen LogP) is 5.80. The highest BCUT2D eigenvalue weighted by molar-refractivity contribution is 7.22. The third-order valence-corrected chi connectivity index (χ3v) is 6.33. The normalized spacial score (nSPS) is 10.8. The first-order chi connectivity index (χ1) is 14.6. The van der Waals surface area contributed by atoms with Crippen molar-refractivity contribution >= 4 is 56.6 Å². The lowest BCUT2D eigenvalue weighted by Crippen LogP contribution is -2.33. The number of rotatable bonds is 8. The maximum atomic E-state index is 13.3. The molecule has 0 saturated heterocycles. The molecule has 0 aliphatic heterocycles. The van der Waals surface area contributed by atoms with Crippen molar-refractivity contribution in [2.75, 3.05) is 11.4 Å². The highest BCUT2D eigenvalue weighted by Gasteiger charge is 2.20. The monoisotopic (exact) mass is 474 g/mol. The zero-order valence-corrected chi connectivity index (χ0v) is 19.6. The lowest BCUT2D eigenvalue weighted by molar-refractivity contribution is -0.118. The van der Waals surface area contributed by atoms with Crippen LogP contribution in [0.5, 0.6) is 0 Å². The Labute approximate surface area is 197 Å². The van der Waals surface area contributed by atoms with Crippen LogP contribution in [0.15, 0.2) is 61.2 Å². The number of para-hydroxylation sites is 1. The molecule has 162 valence electrons. The molecular weight excluding hydrogens is 451 g/mol. The van der Waals surface area contributed by atoms with Crippen LogP contribution in [0, 0.1) is 0 Å². The van der Waals surface area contributed by atoms with Gasteiger partial charge in [-0.1, -0.05) is 54.1 Å². The minimum atomic E-state index is 0. The second-order valence-electron chi connectivity index (χ2n) is 7.12. The molecule has 0 atom stereocenters. The fourth-order valence-electron chi connectivity index (χ4n) is 3.42. The molecule has 2 aromatic heterocycles. The molecule has 5 nitrogen and oxygen atoms in total. The number of halogens is 2. The van der Waals surface area contributed by atoms with E-state index in [4.69, 9.17) is 16.6 Å². The van der Waals surface area contributed by atoms with Crippen LogP contribution in [0.1, 0.15) is 24.5 Å². The van der Waals surface area contributed by atoms with Crippen molar-refractivity contribution in [1.29, 1.82) is 0 Å². The van der Waals surface area contributed by atoms with Gasteiger partial charge in [0.25, 0.3) is 0 Å². The molecule has 0 radical (unpaired) electrons. The third kappa shape index (κ3) is 5.64. The molecule has 1 amide bonds. The highest BCUT2D eigenvalue weighted by Crippen LogP contribution is 2.31. The lowest BCUT2D eigenvalue weighted by Gasteiger charge is -2.20. The summed E-state index contributed by atoms with van der Waals surface area (Å²) in [5.41, 5.74) is 3.15. The van der Waals surface area contributed by atoms with Crippen molar-refractivity contribution in [2.24, 2.45) is 0 Å². The number of amides is 1. The van der Waals surface area contributed by atoms with Crippen LogP contribution >= 0.6 is 35.3 Å². The van der Waals surface area contributed by atoms with E-state index < -0.39 is 0 Å². The van der Waals surface area contributed by atoms with Crippen LogP contribution in [0.4, 0.5) is 5.13 Å². The van der Waals surface area contributed by atoms with Gasteiger partial charge < -0.3 is 4.57 Å². The van der Waals surface area contributed by atoms with Crippen molar-refractivity contribution in [2.45, 2.75) is 32.7 Å². The van der Waals surface area contributed by atoms with E-state index in [-0.39, 0.29) is 18.3 Å². The molecule has 2 aromatic carbocycles. The van der Waals surface area contributed by atoms with Gasteiger partial charge in [0.1, 0.15) is 0 Å². The summed E-state index contributed by atoms with van der Waals surface area (Å²) in [6.45, 7) is 3.53. The zero-order chi connectivity index (χ0) is 20.9. The SMILES string of the molecule is CCc1cccc2sc(N(CCCn3ccnc3)C(=O)Cc3ccc(Cl)cc3)nc12.Cl. The van der Waals surface area contributed by atoms with E-state index in [1.165, 1.54) is 5.56 Å². The van der Waals surface area contributed by atoms with Crippen LogP contribution in [0.2, 0.25) is 5.02 Å². The van der Waals surface area contributed by atoms with Gasteiger partial charge in [0, 0.05) is 30.5 Å². The van der Waals surface area contributed by atoms with Crippen molar-refractivity contribution in [3.63, 3.8) is 0 Å². The number of fused-ring (bicyclic) bond motifs is 1. The van der Waals surface area contributed by atoms with Crippen LogP contribution in [0.3, 0.4) is 0 Å². The number of benzene rings is 2. The molecule has 4 rings (SSSR count). The molecule has 0 spiro atoms. The fraction of sp³-hybridized carbons (Fsp3) is 0.261. The van der Waals surface area contributed by atoms with Crippen molar-refractivity contribution < 1.29 is 4.79 Å². The summed E-state index contributed by atoms with van der Waals surface area (Å²) in [6, 6.07) is 13.7. The Balaban J connectivity index is 0.00000272. The number of hydrogen-bond acceptors (Lipinski definition) is 4. The number of thiazole rings is 1. The smallest absolute Gasteiger partial charge is 0.233 e. The molecule has 31 heavy (non-hydrogen) atoms. The largest absolute Gasteiger partial charge is 0.337 e. The van der Waals surface area contributed by atoms with E-state index in [0.717, 1.165) is 40.3 Å². The number of anilines is 1. The molecular formula is C23H24Cl2N4OS. The average Bonchev–Trinajstić information content (AvgIpc) is 3.42. The first kappa shape index (κ1) is 23.3. The molecule has 0 bridgehead atoms. The highest BCUT2D eigenvalue weighted by atomic mass is 35.5. The maximum Gasteiger partial charge on any atom is 0.233 e. The number of nitrogens with zero attached hydrogens (tertiary/aromatic N) is 4. The van der Waals surface area contributed by atoms with Crippen LogP contribution in [-0.4, -0.2) is 27.0 Å². The summed E-state index contributed by atoms with van der Waals surface area (Å²) in [6.07, 6.45) is 7.55. The van der Waals surface area contributed by atoms with Crippen LogP contribution in [0.25, 0.3) is 10.2 Å². The Hall–Kier alpha value is -2.41. The first-order valence-electron chi connectivity index (χ1n) is 10.0. The number of aromatic nitrogens is 3. The van der Waals surface area contributed by atoms with E-state index in [0.29, 0.717) is 18.0 Å². The average molecular weight is 475 g/mol. The summed E-state index contributed by atoms with van der Waals surface area (Å²) < 4.78 is 3.14. The van der Waals surface area contributed by atoms with Gasteiger partial charge in [-0.3, -0.25) is 9.69 Å². The van der Waals surface area contributed by atoms with E-state index in [2.05, 4.69) is 30.1 Å². The van der Waals surface area contributed by atoms with Crippen molar-refractivity contribution in [3.8, 4) is 0 Å². The van der Waals surface area contributed by atoms with E-state index in [1.807, 2.05) is 39.9 Å². The van der Waals surface area contributed by atoms with Gasteiger partial charge in [-0.25, -0.2) is 9.97 Å². The summed E-state index contributed by atoms with van der Waals surface area (Å²) in [5.74, 6) is 0.0417. The number of carbonyl (C=O) groups excluding carboxylic acids is 1. The molecule has 0 N–H and O–H groups in total.